The first-order chi connectivity index (χ1) is 9.22. The number of aromatic nitrogens is 1. The van der Waals surface area contributed by atoms with Crippen LogP contribution in [0.25, 0.3) is 0 Å². The number of nitrogens with zero attached hydrogens (tertiary/aromatic N) is 2. The van der Waals surface area contributed by atoms with E-state index in [-0.39, 0.29) is 0 Å². The normalized spacial score (nSPS) is 9.95. The molecule has 0 amide bonds. The van der Waals surface area contributed by atoms with Gasteiger partial charge in [-0.15, -0.1) is 0 Å². The summed E-state index contributed by atoms with van der Waals surface area (Å²) in [5, 5.41) is 12.3. The van der Waals surface area contributed by atoms with E-state index < -0.39 is 0 Å². The predicted octanol–water partition coefficient (Wildman–Crippen LogP) is 3.96. The summed E-state index contributed by atoms with van der Waals surface area (Å²) in [7, 11) is 0. The van der Waals surface area contributed by atoms with E-state index in [1.165, 1.54) is 5.56 Å². The maximum atomic E-state index is 9.07. The van der Waals surface area contributed by atoms with Gasteiger partial charge in [0.2, 0.25) is 0 Å². The number of anilines is 2. The van der Waals surface area contributed by atoms with Gasteiger partial charge in [-0.2, -0.15) is 5.26 Å². The number of benzene rings is 1. The van der Waals surface area contributed by atoms with Gasteiger partial charge in [-0.1, -0.05) is 25.5 Å². The van der Waals surface area contributed by atoms with Crippen LogP contribution in [-0.4, -0.2) is 4.98 Å². The third-order valence-corrected chi connectivity index (χ3v) is 2.91. The minimum Gasteiger partial charge on any atom is -0.339 e. The number of nitriles is 1. The summed E-state index contributed by atoms with van der Waals surface area (Å²) in [6.07, 6.45) is 2.23. The van der Waals surface area contributed by atoms with Crippen LogP contribution in [0, 0.1) is 18.3 Å². The zero-order valence-corrected chi connectivity index (χ0v) is 11.3. The molecule has 0 fully saturated rings. The molecule has 0 aliphatic heterocycles. The van der Waals surface area contributed by atoms with E-state index in [0.29, 0.717) is 11.4 Å². The highest BCUT2D eigenvalue weighted by molar-refractivity contribution is 5.62. The van der Waals surface area contributed by atoms with Gasteiger partial charge in [0, 0.05) is 11.4 Å². The molecule has 0 aliphatic rings. The Kier molecular flexibility index (Phi) is 4.15. The molecule has 2 aromatic rings. The maximum absolute atomic E-state index is 9.07. The SMILES string of the molecule is CCCc1ccc(Nc2nc(C)ccc2C#N)cc1. The van der Waals surface area contributed by atoms with Gasteiger partial charge in [0.05, 0.1) is 5.56 Å². The van der Waals surface area contributed by atoms with Gasteiger partial charge >= 0.3 is 0 Å². The highest BCUT2D eigenvalue weighted by Crippen LogP contribution is 2.19. The fraction of sp³-hybridized carbons (Fsp3) is 0.250. The lowest BCUT2D eigenvalue weighted by molar-refractivity contribution is 0.922. The summed E-state index contributed by atoms with van der Waals surface area (Å²) >= 11 is 0. The molecular weight excluding hydrogens is 234 g/mol. The Labute approximate surface area is 113 Å². The van der Waals surface area contributed by atoms with Crippen molar-refractivity contribution in [2.24, 2.45) is 0 Å². The topological polar surface area (TPSA) is 48.7 Å². The monoisotopic (exact) mass is 251 g/mol. The molecule has 2 rings (SSSR count). The summed E-state index contributed by atoms with van der Waals surface area (Å²) in [6, 6.07) is 14.0. The van der Waals surface area contributed by atoms with Crippen LogP contribution in [0.3, 0.4) is 0 Å². The number of hydrogen-bond acceptors (Lipinski definition) is 3. The van der Waals surface area contributed by atoms with Crippen molar-refractivity contribution in [1.82, 2.24) is 4.98 Å². The van der Waals surface area contributed by atoms with Gasteiger partial charge in [-0.3, -0.25) is 0 Å². The van der Waals surface area contributed by atoms with E-state index in [0.717, 1.165) is 24.2 Å². The second kappa shape index (κ2) is 6.01. The number of aryl methyl sites for hydroxylation is 2. The van der Waals surface area contributed by atoms with Crippen molar-refractivity contribution in [3.05, 3.63) is 53.2 Å². The van der Waals surface area contributed by atoms with Crippen molar-refractivity contribution in [2.45, 2.75) is 26.7 Å². The lowest BCUT2D eigenvalue weighted by atomic mass is 10.1. The summed E-state index contributed by atoms with van der Waals surface area (Å²) in [4.78, 5) is 4.36. The van der Waals surface area contributed by atoms with Gasteiger partial charge in [0.15, 0.2) is 0 Å². The van der Waals surface area contributed by atoms with Crippen LogP contribution in [0.4, 0.5) is 11.5 Å². The summed E-state index contributed by atoms with van der Waals surface area (Å²) in [5.41, 5.74) is 3.73. The van der Waals surface area contributed by atoms with Crippen LogP contribution < -0.4 is 5.32 Å². The van der Waals surface area contributed by atoms with E-state index in [9.17, 15) is 0 Å². The van der Waals surface area contributed by atoms with Gasteiger partial charge < -0.3 is 5.32 Å². The van der Waals surface area contributed by atoms with Crippen LogP contribution >= 0.6 is 0 Å². The van der Waals surface area contributed by atoms with Crippen LogP contribution in [0.5, 0.6) is 0 Å². The summed E-state index contributed by atoms with van der Waals surface area (Å²) in [6.45, 7) is 4.08. The number of pyridine rings is 1. The van der Waals surface area contributed by atoms with Crippen molar-refractivity contribution < 1.29 is 0 Å². The molecular formula is C16H17N3. The van der Waals surface area contributed by atoms with Crippen molar-refractivity contribution in [3.8, 4) is 6.07 Å². The van der Waals surface area contributed by atoms with E-state index in [2.05, 4.69) is 35.4 Å². The first-order valence-electron chi connectivity index (χ1n) is 6.46. The van der Waals surface area contributed by atoms with Crippen LogP contribution in [0.1, 0.15) is 30.2 Å². The fourth-order valence-electron chi connectivity index (χ4n) is 1.92. The second-order valence-electron chi connectivity index (χ2n) is 4.53. The highest BCUT2D eigenvalue weighted by atomic mass is 15.0. The zero-order valence-electron chi connectivity index (χ0n) is 11.3. The molecule has 3 heteroatoms. The molecule has 0 saturated carbocycles. The number of rotatable bonds is 4. The largest absolute Gasteiger partial charge is 0.339 e. The van der Waals surface area contributed by atoms with Gasteiger partial charge in [0.25, 0.3) is 0 Å². The molecule has 96 valence electrons. The molecule has 1 aromatic heterocycles. The first kappa shape index (κ1) is 13.1. The van der Waals surface area contributed by atoms with Crippen molar-refractivity contribution >= 4 is 11.5 Å². The lowest BCUT2D eigenvalue weighted by Crippen LogP contribution is -1.98. The molecule has 1 heterocycles. The van der Waals surface area contributed by atoms with Crippen molar-refractivity contribution in [3.63, 3.8) is 0 Å². The molecule has 1 N–H and O–H groups in total. The Balaban J connectivity index is 2.21. The molecule has 0 atom stereocenters. The Morgan fingerprint density at radius 2 is 1.89 bits per heavy atom. The van der Waals surface area contributed by atoms with Gasteiger partial charge in [0.1, 0.15) is 11.9 Å². The highest BCUT2D eigenvalue weighted by Gasteiger charge is 2.04. The van der Waals surface area contributed by atoms with E-state index in [1.807, 2.05) is 25.1 Å². The number of hydrogen-bond donors (Lipinski definition) is 1. The quantitative estimate of drug-likeness (QED) is 0.894. The van der Waals surface area contributed by atoms with Gasteiger partial charge in [-0.05, 0) is 43.2 Å². The third-order valence-electron chi connectivity index (χ3n) is 2.91. The van der Waals surface area contributed by atoms with Crippen LogP contribution in [-0.2, 0) is 6.42 Å². The number of nitrogens with one attached hydrogen (secondary N) is 1. The summed E-state index contributed by atoms with van der Waals surface area (Å²) < 4.78 is 0. The van der Waals surface area contributed by atoms with Crippen molar-refractivity contribution in [2.75, 3.05) is 5.32 Å². The van der Waals surface area contributed by atoms with E-state index >= 15 is 0 Å². The Bertz CT molecular complexity index is 594. The molecule has 3 nitrogen and oxygen atoms in total. The first-order valence-corrected chi connectivity index (χ1v) is 6.46. The minimum atomic E-state index is 0.559. The molecule has 0 unspecified atom stereocenters. The predicted molar refractivity (Wildman–Crippen MR) is 77.4 cm³/mol. The smallest absolute Gasteiger partial charge is 0.148 e. The molecule has 0 aliphatic carbocycles. The maximum Gasteiger partial charge on any atom is 0.148 e. The molecule has 0 spiro atoms. The Morgan fingerprint density at radius 3 is 2.53 bits per heavy atom. The summed E-state index contributed by atoms with van der Waals surface area (Å²) in [5.74, 6) is 0.616. The second-order valence-corrected chi connectivity index (χ2v) is 4.53. The third kappa shape index (κ3) is 3.32. The fourth-order valence-corrected chi connectivity index (χ4v) is 1.92. The Hall–Kier alpha value is -2.34. The average Bonchev–Trinajstić information content (AvgIpc) is 2.42. The Morgan fingerprint density at radius 1 is 1.16 bits per heavy atom. The molecule has 19 heavy (non-hydrogen) atoms. The molecule has 1 aromatic carbocycles. The van der Waals surface area contributed by atoms with Crippen molar-refractivity contribution in [1.29, 1.82) is 5.26 Å². The molecule has 0 saturated heterocycles. The zero-order chi connectivity index (χ0) is 13.7. The van der Waals surface area contributed by atoms with Crippen LogP contribution in [0.2, 0.25) is 0 Å². The standard InChI is InChI=1S/C16H17N3/c1-3-4-13-6-9-15(10-7-13)19-16-14(11-17)8-5-12(2)18-16/h5-10H,3-4H2,1-2H3,(H,18,19). The lowest BCUT2D eigenvalue weighted by Gasteiger charge is -2.08. The molecule has 0 bridgehead atoms. The van der Waals surface area contributed by atoms with Crippen LogP contribution in [0.15, 0.2) is 36.4 Å². The minimum absolute atomic E-state index is 0.559. The van der Waals surface area contributed by atoms with Gasteiger partial charge in [-0.25, -0.2) is 4.98 Å². The molecule has 0 radical (unpaired) electrons. The average molecular weight is 251 g/mol. The van der Waals surface area contributed by atoms with E-state index in [1.54, 1.807) is 6.07 Å². The van der Waals surface area contributed by atoms with E-state index in [4.69, 9.17) is 5.26 Å².